The first-order valence-electron chi connectivity index (χ1n) is 14.1. The Labute approximate surface area is 257 Å². The first-order chi connectivity index (χ1) is 20.4. The Morgan fingerprint density at radius 3 is 2.64 bits per heavy atom. The number of hydrogen-bond donors (Lipinski definition) is 3. The standard InChI is InChI=1S/C32H35ClN6S.C2H2/c1-4-22(16-23(5-2)36-20(3)15-21-9-7-6-8-10-21)26-12-11-25(34)27(37-26)17-31-38-28-19-35-18-24(32(28)39-31)29-13-14-30(33)40-29;1-2/h4-5,11-14,16,18-19,21,36H,2-3,6-10,15,17,34H2,1H3,(H,38,39);1-2H/b22-4+,23-16+;. The molecular weight excluding hydrogens is 560 g/mol. The van der Waals surface area contributed by atoms with Gasteiger partial charge in [-0.15, -0.1) is 24.2 Å². The molecule has 216 valence electrons. The molecule has 0 aliphatic heterocycles. The van der Waals surface area contributed by atoms with Crippen LogP contribution in [0.3, 0.4) is 0 Å². The molecule has 42 heavy (non-hydrogen) atoms. The summed E-state index contributed by atoms with van der Waals surface area (Å²) in [6.07, 6.45) is 25.6. The number of aromatic amines is 1. The number of fused-ring (bicyclic) bond motifs is 1. The van der Waals surface area contributed by atoms with Gasteiger partial charge in [-0.05, 0) is 61.3 Å². The second-order valence-corrected chi connectivity index (χ2v) is 12.0. The zero-order valence-electron chi connectivity index (χ0n) is 24.0. The van der Waals surface area contributed by atoms with E-state index < -0.39 is 0 Å². The van der Waals surface area contributed by atoms with E-state index in [0.29, 0.717) is 12.1 Å². The largest absolute Gasteiger partial charge is 0.397 e. The number of pyridine rings is 2. The van der Waals surface area contributed by atoms with Gasteiger partial charge in [0.2, 0.25) is 0 Å². The number of imidazole rings is 1. The van der Waals surface area contributed by atoms with Gasteiger partial charge in [0.1, 0.15) is 11.3 Å². The minimum atomic E-state index is 0.463. The van der Waals surface area contributed by atoms with E-state index in [1.807, 2.05) is 49.5 Å². The monoisotopic (exact) mass is 596 g/mol. The van der Waals surface area contributed by atoms with Gasteiger partial charge in [-0.2, -0.15) is 0 Å². The van der Waals surface area contributed by atoms with Gasteiger partial charge in [-0.1, -0.05) is 62.9 Å². The van der Waals surface area contributed by atoms with Crippen molar-refractivity contribution in [3.8, 4) is 23.3 Å². The lowest BCUT2D eigenvalue weighted by Gasteiger charge is -2.23. The number of nitrogens with one attached hydrogen (secondary N) is 2. The molecule has 4 aromatic heterocycles. The number of terminal acetylenes is 1. The van der Waals surface area contributed by atoms with E-state index in [1.54, 1.807) is 6.20 Å². The highest BCUT2D eigenvalue weighted by Crippen LogP contribution is 2.34. The van der Waals surface area contributed by atoms with E-state index >= 15 is 0 Å². The van der Waals surface area contributed by atoms with Crippen LogP contribution in [0.5, 0.6) is 0 Å². The van der Waals surface area contributed by atoms with Crippen molar-refractivity contribution in [3.05, 3.63) is 101 Å². The van der Waals surface area contributed by atoms with E-state index in [-0.39, 0.29) is 0 Å². The number of H-pyrrole nitrogens is 1. The summed E-state index contributed by atoms with van der Waals surface area (Å²) in [6, 6.07) is 7.73. The zero-order valence-corrected chi connectivity index (χ0v) is 25.6. The third-order valence-corrected chi connectivity index (χ3v) is 8.61. The summed E-state index contributed by atoms with van der Waals surface area (Å²) < 4.78 is 0.730. The summed E-state index contributed by atoms with van der Waals surface area (Å²) in [5.74, 6) is 1.49. The average molecular weight is 597 g/mol. The van der Waals surface area contributed by atoms with Crippen LogP contribution in [-0.2, 0) is 6.42 Å². The van der Waals surface area contributed by atoms with Crippen molar-refractivity contribution in [3.63, 3.8) is 0 Å². The lowest BCUT2D eigenvalue weighted by Crippen LogP contribution is -2.16. The number of anilines is 1. The van der Waals surface area contributed by atoms with Crippen molar-refractivity contribution in [1.82, 2.24) is 25.3 Å². The number of hydrogen-bond acceptors (Lipinski definition) is 6. The van der Waals surface area contributed by atoms with Gasteiger partial charge in [0.05, 0.1) is 39.5 Å². The zero-order chi connectivity index (χ0) is 30.1. The smallest absolute Gasteiger partial charge is 0.113 e. The van der Waals surface area contributed by atoms with Crippen LogP contribution in [0, 0.1) is 18.8 Å². The van der Waals surface area contributed by atoms with Crippen LogP contribution < -0.4 is 11.1 Å². The molecule has 0 bridgehead atoms. The molecule has 4 N–H and O–H groups in total. The van der Waals surface area contributed by atoms with Crippen LogP contribution >= 0.6 is 22.9 Å². The molecule has 8 heteroatoms. The number of rotatable bonds is 10. The lowest BCUT2D eigenvalue weighted by atomic mass is 9.86. The number of thiophene rings is 1. The Morgan fingerprint density at radius 2 is 1.95 bits per heavy atom. The van der Waals surface area contributed by atoms with Crippen molar-refractivity contribution < 1.29 is 0 Å². The topological polar surface area (TPSA) is 92.5 Å². The first-order valence-corrected chi connectivity index (χ1v) is 15.3. The fourth-order valence-corrected chi connectivity index (χ4v) is 6.35. The molecule has 6 nitrogen and oxygen atoms in total. The third-order valence-electron chi connectivity index (χ3n) is 7.34. The quantitative estimate of drug-likeness (QED) is 0.126. The second kappa shape index (κ2) is 14.7. The molecule has 1 saturated carbocycles. The van der Waals surface area contributed by atoms with Crippen molar-refractivity contribution in [2.24, 2.45) is 5.92 Å². The van der Waals surface area contributed by atoms with E-state index in [2.05, 4.69) is 47.4 Å². The molecular formula is C34H37ClN6S. The minimum Gasteiger partial charge on any atom is -0.397 e. The number of aromatic nitrogens is 4. The van der Waals surface area contributed by atoms with Crippen molar-refractivity contribution in [1.29, 1.82) is 0 Å². The van der Waals surface area contributed by atoms with Crippen LogP contribution in [0.2, 0.25) is 4.34 Å². The van der Waals surface area contributed by atoms with Gasteiger partial charge >= 0.3 is 0 Å². The van der Waals surface area contributed by atoms with Gasteiger partial charge in [-0.3, -0.25) is 9.97 Å². The average Bonchev–Trinajstić information content (AvgIpc) is 3.63. The number of nitrogen functional groups attached to an aromatic ring is 1. The molecule has 5 rings (SSSR count). The summed E-state index contributed by atoms with van der Waals surface area (Å²) in [6.45, 7) is 10.3. The Morgan fingerprint density at radius 1 is 1.17 bits per heavy atom. The van der Waals surface area contributed by atoms with Gasteiger partial charge in [0.25, 0.3) is 0 Å². The van der Waals surface area contributed by atoms with E-state index in [0.717, 1.165) is 72.3 Å². The van der Waals surface area contributed by atoms with Crippen molar-refractivity contribution >= 4 is 45.2 Å². The molecule has 0 radical (unpaired) electrons. The summed E-state index contributed by atoms with van der Waals surface area (Å²) >= 11 is 7.68. The first kappa shape index (κ1) is 30.8. The highest BCUT2D eigenvalue weighted by molar-refractivity contribution is 7.19. The van der Waals surface area contributed by atoms with Gasteiger partial charge in [0.15, 0.2) is 0 Å². The Hall–Kier alpha value is -4.12. The molecule has 0 atom stereocenters. The lowest BCUT2D eigenvalue weighted by molar-refractivity contribution is 0.353. The number of allylic oxidation sites excluding steroid dienone is 5. The third kappa shape index (κ3) is 7.58. The summed E-state index contributed by atoms with van der Waals surface area (Å²) in [5, 5.41) is 3.48. The van der Waals surface area contributed by atoms with Gasteiger partial charge in [0, 0.05) is 28.0 Å². The predicted molar refractivity (Wildman–Crippen MR) is 179 cm³/mol. The van der Waals surface area contributed by atoms with Gasteiger partial charge in [-0.25, -0.2) is 4.98 Å². The Kier molecular flexibility index (Phi) is 10.8. The Bertz CT molecular complexity index is 1630. The summed E-state index contributed by atoms with van der Waals surface area (Å²) in [4.78, 5) is 18.6. The van der Waals surface area contributed by atoms with Crippen LogP contribution in [0.15, 0.2) is 79.4 Å². The molecule has 4 heterocycles. The molecule has 0 amide bonds. The van der Waals surface area contributed by atoms with Crippen LogP contribution in [0.25, 0.3) is 27.0 Å². The maximum atomic E-state index is 6.37. The van der Waals surface area contributed by atoms with Gasteiger partial charge < -0.3 is 16.0 Å². The van der Waals surface area contributed by atoms with E-state index in [9.17, 15) is 0 Å². The maximum absolute atomic E-state index is 6.37. The fourth-order valence-electron chi connectivity index (χ4n) is 5.29. The highest BCUT2D eigenvalue weighted by atomic mass is 35.5. The second-order valence-electron chi connectivity index (χ2n) is 10.3. The molecule has 0 aromatic carbocycles. The summed E-state index contributed by atoms with van der Waals surface area (Å²) in [7, 11) is 0. The predicted octanol–water partition coefficient (Wildman–Crippen LogP) is 8.70. The molecule has 1 aliphatic rings. The molecule has 0 spiro atoms. The minimum absolute atomic E-state index is 0.463. The molecule has 0 saturated heterocycles. The van der Waals surface area contributed by atoms with Crippen molar-refractivity contribution in [2.45, 2.75) is 51.9 Å². The molecule has 1 aliphatic carbocycles. The SMILES string of the molecule is C#C.C=C/C(=C\C(=C/C)c1ccc(N)c(Cc2nc3c(-c4ccc(Cl)s4)cncc3[nH]2)n1)NC(=C)CC1CCCCC1. The van der Waals surface area contributed by atoms with Crippen LogP contribution in [0.1, 0.15) is 62.7 Å². The highest BCUT2D eigenvalue weighted by Gasteiger charge is 2.16. The fraction of sp³-hybridized carbons (Fsp3) is 0.265. The van der Waals surface area contributed by atoms with E-state index in [4.69, 9.17) is 27.3 Å². The number of halogens is 1. The van der Waals surface area contributed by atoms with Crippen LogP contribution in [0.4, 0.5) is 5.69 Å². The van der Waals surface area contributed by atoms with E-state index in [1.165, 1.54) is 43.4 Å². The van der Waals surface area contributed by atoms with Crippen molar-refractivity contribution in [2.75, 3.05) is 5.73 Å². The van der Waals surface area contributed by atoms with Crippen LogP contribution in [-0.4, -0.2) is 19.9 Å². The summed E-state index contributed by atoms with van der Waals surface area (Å²) in [5.41, 5.74) is 14.1. The molecule has 0 unspecified atom stereocenters. The normalized spacial score (nSPS) is 14.3. The maximum Gasteiger partial charge on any atom is 0.113 e. The Balaban J connectivity index is 0.00000198. The number of nitrogens with two attached hydrogens (primary N) is 1. The number of nitrogens with zero attached hydrogens (tertiary/aromatic N) is 3. The molecule has 1 fully saturated rings. The molecule has 4 aromatic rings.